The van der Waals surface area contributed by atoms with Gasteiger partial charge in [-0.1, -0.05) is 36.5 Å². The van der Waals surface area contributed by atoms with Crippen molar-refractivity contribution in [3.63, 3.8) is 0 Å². The molecule has 5 heteroatoms. The van der Waals surface area contributed by atoms with Gasteiger partial charge in [0.1, 0.15) is 11.9 Å². The topological polar surface area (TPSA) is 55.2 Å². The van der Waals surface area contributed by atoms with E-state index in [4.69, 9.17) is 4.74 Å². The molecule has 0 aliphatic heterocycles. The summed E-state index contributed by atoms with van der Waals surface area (Å²) in [5.41, 5.74) is 1.61. The highest BCUT2D eigenvalue weighted by Crippen LogP contribution is 2.35. The Bertz CT molecular complexity index is 567. The molecule has 1 aromatic carbocycles. The highest BCUT2D eigenvalue weighted by molar-refractivity contribution is 7.05. The monoisotopic (exact) mass is 292 g/mol. The van der Waals surface area contributed by atoms with Gasteiger partial charge in [-0.25, -0.2) is 0 Å². The molecule has 2 rings (SSSR count). The Morgan fingerprint density at radius 1 is 1.15 bits per heavy atom. The number of aromatic nitrogens is 2. The Kier molecular flexibility index (Phi) is 4.73. The Morgan fingerprint density at radius 3 is 2.50 bits per heavy atom. The Morgan fingerprint density at radius 2 is 1.85 bits per heavy atom. The van der Waals surface area contributed by atoms with Crippen molar-refractivity contribution in [3.05, 3.63) is 40.4 Å². The van der Waals surface area contributed by atoms with E-state index in [2.05, 4.69) is 9.59 Å². The zero-order valence-corrected chi connectivity index (χ0v) is 13.0. The minimum absolute atomic E-state index is 0.0625. The van der Waals surface area contributed by atoms with Gasteiger partial charge in [-0.05, 0) is 37.4 Å². The number of aliphatic hydroxyl groups excluding tert-OH is 1. The third-order valence-electron chi connectivity index (χ3n) is 2.91. The molecule has 1 atom stereocenters. The molecule has 2 aromatic rings. The molecule has 0 aliphatic rings. The summed E-state index contributed by atoms with van der Waals surface area (Å²) < 4.78 is 9.74. The molecular formula is C15H20N2O2S. The number of rotatable bonds is 5. The fourth-order valence-corrected chi connectivity index (χ4v) is 2.82. The van der Waals surface area contributed by atoms with E-state index < -0.39 is 6.10 Å². The maximum absolute atomic E-state index is 10.7. The summed E-state index contributed by atoms with van der Waals surface area (Å²) in [7, 11) is 0. The van der Waals surface area contributed by atoms with E-state index in [0.717, 1.165) is 16.1 Å². The van der Waals surface area contributed by atoms with Crippen molar-refractivity contribution >= 4 is 11.5 Å². The van der Waals surface area contributed by atoms with Crippen LogP contribution >= 0.6 is 11.5 Å². The summed E-state index contributed by atoms with van der Waals surface area (Å²) in [4.78, 5) is 0.791. The second kappa shape index (κ2) is 6.33. The molecule has 1 heterocycles. The average molecular weight is 292 g/mol. The SMILES string of the molecule is CC(C)Oc1ccccc1C(O)c1snnc1C(C)C. The molecule has 0 radical (unpaired) electrons. The van der Waals surface area contributed by atoms with Crippen LogP contribution in [-0.2, 0) is 0 Å². The Balaban J connectivity index is 2.38. The number of ether oxygens (including phenoxy) is 1. The van der Waals surface area contributed by atoms with Crippen LogP contribution in [0.1, 0.15) is 55.9 Å². The van der Waals surface area contributed by atoms with E-state index in [0.29, 0.717) is 5.75 Å². The number of hydrogen-bond acceptors (Lipinski definition) is 5. The van der Waals surface area contributed by atoms with Gasteiger partial charge in [0.25, 0.3) is 0 Å². The largest absolute Gasteiger partial charge is 0.491 e. The minimum Gasteiger partial charge on any atom is -0.491 e. The predicted octanol–water partition coefficient (Wildman–Crippen LogP) is 3.53. The number of nitrogens with zero attached hydrogens (tertiary/aromatic N) is 2. The first-order valence-corrected chi connectivity index (χ1v) is 7.53. The van der Waals surface area contributed by atoms with Crippen molar-refractivity contribution < 1.29 is 9.84 Å². The smallest absolute Gasteiger partial charge is 0.125 e. The van der Waals surface area contributed by atoms with Gasteiger partial charge in [-0.15, -0.1) is 5.10 Å². The van der Waals surface area contributed by atoms with Gasteiger partial charge < -0.3 is 9.84 Å². The quantitative estimate of drug-likeness (QED) is 0.916. The highest BCUT2D eigenvalue weighted by atomic mass is 32.1. The van der Waals surface area contributed by atoms with Crippen LogP contribution in [0.4, 0.5) is 0 Å². The van der Waals surface area contributed by atoms with Crippen molar-refractivity contribution in [2.45, 2.75) is 45.8 Å². The van der Waals surface area contributed by atoms with Crippen molar-refractivity contribution in [2.24, 2.45) is 0 Å². The van der Waals surface area contributed by atoms with Crippen LogP contribution in [0.3, 0.4) is 0 Å². The second-order valence-electron chi connectivity index (χ2n) is 5.28. The van der Waals surface area contributed by atoms with Gasteiger partial charge in [-0.2, -0.15) is 0 Å². The van der Waals surface area contributed by atoms with Gasteiger partial charge in [-0.3, -0.25) is 0 Å². The number of hydrogen-bond donors (Lipinski definition) is 1. The highest BCUT2D eigenvalue weighted by Gasteiger charge is 2.23. The van der Waals surface area contributed by atoms with Crippen LogP contribution in [0.25, 0.3) is 0 Å². The minimum atomic E-state index is -0.748. The maximum atomic E-state index is 10.7. The average Bonchev–Trinajstić information content (AvgIpc) is 2.87. The lowest BCUT2D eigenvalue weighted by atomic mass is 10.0. The van der Waals surface area contributed by atoms with E-state index in [1.54, 1.807) is 0 Å². The number of aliphatic hydroxyl groups is 1. The molecule has 0 amide bonds. The summed E-state index contributed by atoms with van der Waals surface area (Å²) in [6.07, 6.45) is -0.685. The van der Waals surface area contributed by atoms with E-state index in [-0.39, 0.29) is 12.0 Å². The van der Waals surface area contributed by atoms with Crippen molar-refractivity contribution in [1.29, 1.82) is 0 Å². The summed E-state index contributed by atoms with van der Waals surface area (Å²) in [5, 5.41) is 14.8. The van der Waals surface area contributed by atoms with Gasteiger partial charge in [0.2, 0.25) is 0 Å². The van der Waals surface area contributed by atoms with Crippen LogP contribution < -0.4 is 4.74 Å². The standard InChI is InChI=1S/C15H20N2O2S/c1-9(2)13-15(20-17-16-13)14(18)11-7-5-6-8-12(11)19-10(3)4/h5-10,14,18H,1-4H3. The third-order valence-corrected chi connectivity index (χ3v) is 3.70. The molecule has 4 nitrogen and oxygen atoms in total. The van der Waals surface area contributed by atoms with E-state index in [1.165, 1.54) is 11.5 Å². The lowest BCUT2D eigenvalue weighted by Gasteiger charge is -2.18. The number of para-hydroxylation sites is 1. The molecular weight excluding hydrogens is 272 g/mol. The predicted molar refractivity (Wildman–Crippen MR) is 80.3 cm³/mol. The lowest BCUT2D eigenvalue weighted by molar-refractivity contribution is 0.199. The van der Waals surface area contributed by atoms with E-state index >= 15 is 0 Å². The van der Waals surface area contributed by atoms with Crippen LogP contribution in [0.2, 0.25) is 0 Å². The van der Waals surface area contributed by atoms with Gasteiger partial charge >= 0.3 is 0 Å². The lowest BCUT2D eigenvalue weighted by Crippen LogP contribution is -2.10. The van der Waals surface area contributed by atoms with Crippen molar-refractivity contribution in [2.75, 3.05) is 0 Å². The van der Waals surface area contributed by atoms with Crippen LogP contribution in [0.5, 0.6) is 5.75 Å². The molecule has 108 valence electrons. The van der Waals surface area contributed by atoms with Gasteiger partial charge in [0.05, 0.1) is 16.7 Å². The summed E-state index contributed by atoms with van der Waals surface area (Å²) in [5.74, 6) is 0.940. The van der Waals surface area contributed by atoms with Crippen LogP contribution in [-0.4, -0.2) is 20.8 Å². The molecule has 1 aromatic heterocycles. The molecule has 1 N–H and O–H groups in total. The summed E-state index contributed by atoms with van der Waals surface area (Å²) in [6.45, 7) is 8.03. The molecule has 20 heavy (non-hydrogen) atoms. The number of benzene rings is 1. The van der Waals surface area contributed by atoms with Crippen LogP contribution in [0, 0.1) is 0 Å². The third kappa shape index (κ3) is 3.16. The molecule has 0 spiro atoms. The Hall–Kier alpha value is -1.46. The van der Waals surface area contributed by atoms with Gasteiger partial charge in [0, 0.05) is 5.56 Å². The van der Waals surface area contributed by atoms with Crippen molar-refractivity contribution in [3.8, 4) is 5.75 Å². The van der Waals surface area contributed by atoms with E-state index in [9.17, 15) is 5.11 Å². The molecule has 0 saturated heterocycles. The van der Waals surface area contributed by atoms with Crippen LogP contribution in [0.15, 0.2) is 24.3 Å². The zero-order valence-electron chi connectivity index (χ0n) is 12.2. The molecule has 0 bridgehead atoms. The first kappa shape index (κ1) is 14.9. The maximum Gasteiger partial charge on any atom is 0.125 e. The fraction of sp³-hybridized carbons (Fsp3) is 0.467. The molecule has 0 fully saturated rings. The summed E-state index contributed by atoms with van der Waals surface area (Å²) in [6, 6.07) is 7.56. The molecule has 0 aliphatic carbocycles. The molecule has 0 saturated carbocycles. The van der Waals surface area contributed by atoms with Crippen molar-refractivity contribution in [1.82, 2.24) is 9.59 Å². The second-order valence-corrected chi connectivity index (χ2v) is 6.07. The fourth-order valence-electron chi connectivity index (χ4n) is 2.00. The first-order chi connectivity index (χ1) is 9.50. The first-order valence-electron chi connectivity index (χ1n) is 6.76. The van der Waals surface area contributed by atoms with Gasteiger partial charge in [0.15, 0.2) is 0 Å². The normalized spacial score (nSPS) is 12.9. The summed E-state index contributed by atoms with van der Waals surface area (Å²) >= 11 is 1.24. The van der Waals surface area contributed by atoms with E-state index in [1.807, 2.05) is 52.0 Å². The Labute approximate surface area is 123 Å². The molecule has 1 unspecified atom stereocenters. The zero-order chi connectivity index (χ0) is 14.7.